The monoisotopic (exact) mass is 389 g/mol. The van der Waals surface area contributed by atoms with Gasteiger partial charge in [-0.15, -0.1) is 0 Å². The summed E-state index contributed by atoms with van der Waals surface area (Å²) in [5.74, 6) is -1.60. The first-order valence-electron chi connectivity index (χ1n) is 7.63. The van der Waals surface area contributed by atoms with Crippen molar-refractivity contribution in [2.24, 2.45) is 0 Å². The van der Waals surface area contributed by atoms with Crippen molar-refractivity contribution >= 4 is 27.3 Å². The Hall–Kier alpha value is -1.70. The van der Waals surface area contributed by atoms with Crippen LogP contribution in [0.4, 0.5) is 14.5 Å². The fourth-order valence-corrected chi connectivity index (χ4v) is 4.29. The van der Waals surface area contributed by atoms with Gasteiger partial charge in [-0.1, -0.05) is 11.6 Å². The van der Waals surface area contributed by atoms with E-state index < -0.39 is 27.7 Å². The summed E-state index contributed by atoms with van der Waals surface area (Å²) >= 11 is 5.79. The van der Waals surface area contributed by atoms with Crippen molar-refractivity contribution in [3.63, 3.8) is 0 Å². The number of benzene rings is 2. The topological polar surface area (TPSA) is 57.6 Å². The molecule has 0 aliphatic rings. The molecule has 2 aromatic carbocycles. The lowest BCUT2D eigenvalue weighted by molar-refractivity contribution is 0.281. The molecule has 0 saturated carbocycles. The van der Waals surface area contributed by atoms with Gasteiger partial charge in [0.1, 0.15) is 11.6 Å². The highest BCUT2D eigenvalue weighted by atomic mass is 35.5. The van der Waals surface area contributed by atoms with Crippen LogP contribution in [0.15, 0.2) is 47.4 Å². The Balaban J connectivity index is 2.57. The molecule has 0 aromatic heterocycles. The second kappa shape index (κ2) is 8.12. The molecule has 0 spiro atoms. The predicted octanol–water partition coefficient (Wildman–Crippen LogP) is 3.97. The summed E-state index contributed by atoms with van der Waals surface area (Å²) in [6.07, 6.45) is 0.601. The molecule has 136 valence electrons. The van der Waals surface area contributed by atoms with Gasteiger partial charge in [-0.2, -0.15) is 0 Å². The number of nitrogens with zero attached hydrogens (tertiary/aromatic N) is 1. The summed E-state index contributed by atoms with van der Waals surface area (Å²) < 4.78 is 54.8. The van der Waals surface area contributed by atoms with E-state index in [1.54, 1.807) is 6.92 Å². The molecule has 0 unspecified atom stereocenters. The number of aliphatic hydroxyl groups is 1. The van der Waals surface area contributed by atoms with Gasteiger partial charge in [0.15, 0.2) is 0 Å². The van der Waals surface area contributed by atoms with Gasteiger partial charge in [0.2, 0.25) is 0 Å². The van der Waals surface area contributed by atoms with E-state index in [0.29, 0.717) is 11.4 Å². The molecule has 0 aliphatic heterocycles. The van der Waals surface area contributed by atoms with E-state index in [-0.39, 0.29) is 23.6 Å². The predicted molar refractivity (Wildman–Crippen MR) is 93.3 cm³/mol. The molecular weight excluding hydrogens is 372 g/mol. The molecule has 2 rings (SSSR count). The maximum atomic E-state index is 14.3. The summed E-state index contributed by atoms with van der Waals surface area (Å²) in [5, 5.41) is 9.36. The molecule has 0 amide bonds. The van der Waals surface area contributed by atoms with Crippen LogP contribution in [0.2, 0.25) is 5.02 Å². The van der Waals surface area contributed by atoms with Gasteiger partial charge in [-0.3, -0.25) is 4.31 Å². The fraction of sp³-hybridized carbons (Fsp3) is 0.294. The minimum atomic E-state index is -4.15. The maximum Gasteiger partial charge on any atom is 0.264 e. The number of anilines is 1. The number of halogens is 3. The number of sulfonamides is 1. The van der Waals surface area contributed by atoms with Crippen LogP contribution in [0.3, 0.4) is 0 Å². The van der Waals surface area contributed by atoms with Crippen LogP contribution in [0, 0.1) is 11.6 Å². The quantitative estimate of drug-likeness (QED) is 0.779. The summed E-state index contributed by atoms with van der Waals surface area (Å²) in [6, 6.07) is 7.39. The van der Waals surface area contributed by atoms with Crippen LogP contribution in [-0.2, 0) is 10.0 Å². The first-order valence-corrected chi connectivity index (χ1v) is 9.45. The van der Waals surface area contributed by atoms with Crippen LogP contribution in [0.5, 0.6) is 0 Å². The van der Waals surface area contributed by atoms with Crippen LogP contribution in [-0.4, -0.2) is 26.2 Å². The Labute approximate surface area is 150 Å². The fourth-order valence-electron chi connectivity index (χ4n) is 2.48. The zero-order valence-corrected chi connectivity index (χ0v) is 15.1. The Morgan fingerprint density at radius 1 is 1.16 bits per heavy atom. The van der Waals surface area contributed by atoms with Crippen LogP contribution < -0.4 is 4.31 Å². The lowest BCUT2D eigenvalue weighted by atomic mass is 10.1. The van der Waals surface area contributed by atoms with Gasteiger partial charge < -0.3 is 5.11 Å². The minimum absolute atomic E-state index is 0.0867. The highest BCUT2D eigenvalue weighted by molar-refractivity contribution is 7.92. The normalized spacial score (nSPS) is 12.8. The van der Waals surface area contributed by atoms with E-state index in [4.69, 9.17) is 16.7 Å². The zero-order chi connectivity index (χ0) is 18.6. The molecule has 0 saturated heterocycles. The highest BCUT2D eigenvalue weighted by Crippen LogP contribution is 2.31. The third-order valence-corrected chi connectivity index (χ3v) is 5.89. The molecule has 2 aromatic rings. The lowest BCUT2D eigenvalue weighted by Gasteiger charge is -2.31. The van der Waals surface area contributed by atoms with Crippen LogP contribution in [0.25, 0.3) is 0 Å². The van der Waals surface area contributed by atoms with Gasteiger partial charge >= 0.3 is 0 Å². The van der Waals surface area contributed by atoms with E-state index in [2.05, 4.69) is 0 Å². The van der Waals surface area contributed by atoms with Crippen molar-refractivity contribution in [3.8, 4) is 0 Å². The van der Waals surface area contributed by atoms with Gasteiger partial charge in [0, 0.05) is 23.7 Å². The molecule has 1 atom stereocenters. The molecule has 8 heteroatoms. The second-order valence-corrected chi connectivity index (χ2v) is 7.82. The standard InChI is InChI=1S/C17H18ClF2NO3S/c1-12(3-2-10-22)21(17-11-14(19)6-9-16(17)20)25(23,24)15-7-4-13(18)5-8-15/h4-9,11-12,22H,2-3,10H2,1H3/t12-/m1/s1. The van der Waals surface area contributed by atoms with E-state index in [1.807, 2.05) is 0 Å². The van der Waals surface area contributed by atoms with Gasteiger partial charge in [-0.05, 0) is 56.2 Å². The number of hydrogen-bond donors (Lipinski definition) is 1. The lowest BCUT2D eigenvalue weighted by Crippen LogP contribution is -2.39. The summed E-state index contributed by atoms with van der Waals surface area (Å²) in [4.78, 5) is -0.0867. The third kappa shape index (κ3) is 4.48. The van der Waals surface area contributed by atoms with E-state index in [9.17, 15) is 17.2 Å². The summed E-state index contributed by atoms with van der Waals surface area (Å²) in [5.41, 5.74) is -0.375. The largest absolute Gasteiger partial charge is 0.396 e. The highest BCUT2D eigenvalue weighted by Gasteiger charge is 2.31. The first-order chi connectivity index (χ1) is 11.8. The number of aliphatic hydroxyl groups excluding tert-OH is 1. The molecule has 0 fully saturated rings. The molecular formula is C17H18ClF2NO3S. The molecule has 0 heterocycles. The SMILES string of the molecule is C[C@H](CCCO)N(c1cc(F)ccc1F)S(=O)(=O)c1ccc(Cl)cc1. The Bertz CT molecular complexity index is 828. The molecule has 0 radical (unpaired) electrons. The van der Waals surface area contributed by atoms with Crippen molar-refractivity contribution in [2.45, 2.75) is 30.7 Å². The average molecular weight is 390 g/mol. The Kier molecular flexibility index (Phi) is 6.37. The third-order valence-electron chi connectivity index (χ3n) is 3.70. The molecule has 4 nitrogen and oxygen atoms in total. The summed E-state index contributed by atoms with van der Waals surface area (Å²) in [6.45, 7) is 1.44. The Morgan fingerprint density at radius 3 is 2.40 bits per heavy atom. The van der Waals surface area contributed by atoms with Crippen molar-refractivity contribution in [1.29, 1.82) is 0 Å². The molecule has 0 aliphatic carbocycles. The minimum Gasteiger partial charge on any atom is -0.396 e. The smallest absolute Gasteiger partial charge is 0.264 e. The van der Waals surface area contributed by atoms with Crippen molar-refractivity contribution in [1.82, 2.24) is 0 Å². The maximum absolute atomic E-state index is 14.3. The van der Waals surface area contributed by atoms with E-state index >= 15 is 0 Å². The second-order valence-electron chi connectivity index (χ2n) is 5.57. The van der Waals surface area contributed by atoms with Crippen molar-refractivity contribution in [2.75, 3.05) is 10.9 Å². The van der Waals surface area contributed by atoms with Crippen molar-refractivity contribution < 1.29 is 22.3 Å². The van der Waals surface area contributed by atoms with E-state index in [1.165, 1.54) is 24.3 Å². The summed E-state index contributed by atoms with van der Waals surface area (Å²) in [7, 11) is -4.15. The number of hydrogen-bond acceptors (Lipinski definition) is 3. The van der Waals surface area contributed by atoms with Crippen LogP contribution >= 0.6 is 11.6 Å². The Morgan fingerprint density at radius 2 is 1.80 bits per heavy atom. The molecule has 25 heavy (non-hydrogen) atoms. The number of rotatable bonds is 7. The first kappa shape index (κ1) is 19.6. The van der Waals surface area contributed by atoms with Gasteiger partial charge in [0.25, 0.3) is 10.0 Å². The van der Waals surface area contributed by atoms with Gasteiger partial charge in [-0.25, -0.2) is 17.2 Å². The van der Waals surface area contributed by atoms with E-state index in [0.717, 1.165) is 22.5 Å². The van der Waals surface area contributed by atoms with Crippen molar-refractivity contribution in [3.05, 3.63) is 59.1 Å². The average Bonchev–Trinajstić information content (AvgIpc) is 2.56. The van der Waals surface area contributed by atoms with Gasteiger partial charge in [0.05, 0.1) is 10.6 Å². The van der Waals surface area contributed by atoms with Crippen LogP contribution in [0.1, 0.15) is 19.8 Å². The zero-order valence-electron chi connectivity index (χ0n) is 13.5. The molecule has 1 N–H and O–H groups in total. The molecule has 0 bridgehead atoms.